The fourth-order valence-electron chi connectivity index (χ4n) is 3.08. The molecule has 3 heterocycles. The molecule has 1 aromatic heterocycles. The zero-order valence-electron chi connectivity index (χ0n) is 14.7. The van der Waals surface area contributed by atoms with Crippen LogP contribution >= 0.6 is 0 Å². The number of carbonyl (C=O) groups excluding carboxylic acids is 2. The Morgan fingerprint density at radius 3 is 2.88 bits per heavy atom. The summed E-state index contributed by atoms with van der Waals surface area (Å²) in [7, 11) is 0. The van der Waals surface area contributed by atoms with Crippen LogP contribution < -0.4 is 16.0 Å². The second-order valence-corrected chi connectivity index (χ2v) is 7.57. The first-order valence-electron chi connectivity index (χ1n) is 8.29. The van der Waals surface area contributed by atoms with Crippen molar-refractivity contribution >= 4 is 23.4 Å². The minimum Gasteiger partial charge on any atom is -0.458 e. The highest BCUT2D eigenvalue weighted by Crippen LogP contribution is 2.28. The van der Waals surface area contributed by atoms with Crippen molar-refractivity contribution in [1.82, 2.24) is 10.3 Å². The molecular weight excluding hydrogens is 324 g/mol. The molecule has 3 N–H and O–H groups in total. The van der Waals surface area contributed by atoms with Crippen molar-refractivity contribution in [2.24, 2.45) is 0 Å². The number of ether oxygens (including phenoxy) is 2. The van der Waals surface area contributed by atoms with Gasteiger partial charge >= 0.3 is 5.97 Å². The van der Waals surface area contributed by atoms with Gasteiger partial charge in [0.1, 0.15) is 11.4 Å². The van der Waals surface area contributed by atoms with Crippen LogP contribution in [-0.2, 0) is 19.1 Å². The number of aromatic nitrogens is 1. The van der Waals surface area contributed by atoms with Crippen molar-refractivity contribution in [1.29, 1.82) is 0 Å². The van der Waals surface area contributed by atoms with Crippen molar-refractivity contribution < 1.29 is 19.1 Å². The Kier molecular flexibility index (Phi) is 4.42. The molecule has 2 aliphatic heterocycles. The summed E-state index contributed by atoms with van der Waals surface area (Å²) in [5.41, 5.74) is 4.48. The fourth-order valence-corrected chi connectivity index (χ4v) is 3.08. The van der Waals surface area contributed by atoms with E-state index in [4.69, 9.17) is 15.2 Å². The Morgan fingerprint density at radius 1 is 1.48 bits per heavy atom. The molecule has 0 aromatic carbocycles. The molecule has 25 heavy (non-hydrogen) atoms. The highest BCUT2D eigenvalue weighted by molar-refractivity contribution is 5.96. The second kappa shape index (κ2) is 6.27. The maximum atomic E-state index is 12.9. The van der Waals surface area contributed by atoms with E-state index in [1.165, 1.54) is 6.20 Å². The smallest absolute Gasteiger partial charge is 0.331 e. The van der Waals surface area contributed by atoms with Crippen LogP contribution in [0.2, 0.25) is 0 Å². The summed E-state index contributed by atoms with van der Waals surface area (Å²) in [4.78, 5) is 31.2. The molecule has 2 unspecified atom stereocenters. The van der Waals surface area contributed by atoms with Gasteiger partial charge in [0.25, 0.3) is 0 Å². The van der Waals surface area contributed by atoms with E-state index in [2.05, 4.69) is 10.3 Å². The molecule has 2 bridgehead atoms. The van der Waals surface area contributed by atoms with Gasteiger partial charge in [-0.15, -0.1) is 0 Å². The first kappa shape index (κ1) is 17.6. The second-order valence-electron chi connectivity index (χ2n) is 7.57. The van der Waals surface area contributed by atoms with E-state index in [1.54, 1.807) is 17.0 Å². The number of nitrogen functional groups attached to an aromatic ring is 1. The highest BCUT2D eigenvalue weighted by Gasteiger charge is 2.50. The number of nitrogens with zero attached hydrogens (tertiary/aromatic N) is 2. The molecule has 2 saturated heterocycles. The maximum absolute atomic E-state index is 12.9. The minimum atomic E-state index is -1.11. The van der Waals surface area contributed by atoms with Crippen LogP contribution in [0.5, 0.6) is 0 Å². The third-order valence-corrected chi connectivity index (χ3v) is 4.17. The Morgan fingerprint density at radius 2 is 2.24 bits per heavy atom. The number of anilines is 2. The Labute approximate surface area is 146 Å². The molecule has 0 aliphatic carbocycles. The number of morpholine rings is 1. The Balaban J connectivity index is 1.94. The van der Waals surface area contributed by atoms with Crippen LogP contribution in [0, 0.1) is 0 Å². The lowest BCUT2D eigenvalue weighted by Gasteiger charge is -2.40. The molecule has 0 spiro atoms. The summed E-state index contributed by atoms with van der Waals surface area (Å²) in [6.07, 6.45) is 1.76. The molecule has 8 heteroatoms. The SMILES string of the molecule is CC(C)(C)OC(=O)C12COCC(CC(=O)N(c3ccc(N)nc3)C1)N2. The third kappa shape index (κ3) is 3.74. The maximum Gasteiger partial charge on any atom is 0.331 e. The summed E-state index contributed by atoms with van der Waals surface area (Å²) >= 11 is 0. The van der Waals surface area contributed by atoms with Crippen molar-refractivity contribution in [2.45, 2.75) is 44.4 Å². The number of pyridine rings is 1. The van der Waals surface area contributed by atoms with E-state index < -0.39 is 17.1 Å². The van der Waals surface area contributed by atoms with Gasteiger partial charge in [-0.25, -0.2) is 9.78 Å². The van der Waals surface area contributed by atoms with Gasteiger partial charge in [-0.2, -0.15) is 0 Å². The molecular formula is C17H24N4O4. The van der Waals surface area contributed by atoms with Gasteiger partial charge in [0.15, 0.2) is 5.54 Å². The standard InChI is InChI=1S/C17H24N4O4/c1-16(2,3)25-15(23)17-9-21(12-4-5-13(18)19-7-12)14(22)6-11(20-17)8-24-10-17/h4-5,7,11,20H,6,8-10H2,1-3H3,(H2,18,19). The van der Waals surface area contributed by atoms with Crippen LogP contribution in [0.1, 0.15) is 27.2 Å². The zero-order valence-corrected chi connectivity index (χ0v) is 14.7. The largest absolute Gasteiger partial charge is 0.458 e. The predicted octanol–water partition coefficient (Wildman–Crippen LogP) is 0.469. The quantitative estimate of drug-likeness (QED) is 0.748. The van der Waals surface area contributed by atoms with Gasteiger partial charge in [-0.1, -0.05) is 0 Å². The van der Waals surface area contributed by atoms with Crippen LogP contribution in [-0.4, -0.2) is 53.8 Å². The Hall–Kier alpha value is -2.19. The van der Waals surface area contributed by atoms with Crippen LogP contribution in [0.15, 0.2) is 18.3 Å². The number of hydrogen-bond acceptors (Lipinski definition) is 7. The van der Waals surface area contributed by atoms with E-state index in [0.717, 1.165) is 0 Å². The molecule has 1 aromatic rings. The molecule has 3 rings (SSSR count). The van der Waals surface area contributed by atoms with E-state index in [1.807, 2.05) is 20.8 Å². The van der Waals surface area contributed by atoms with Crippen molar-refractivity contribution in [2.75, 3.05) is 30.4 Å². The van der Waals surface area contributed by atoms with E-state index >= 15 is 0 Å². The topological polar surface area (TPSA) is 107 Å². The van der Waals surface area contributed by atoms with Gasteiger partial charge < -0.3 is 20.1 Å². The average Bonchev–Trinajstić information content (AvgIpc) is 2.61. The lowest BCUT2D eigenvalue weighted by Crippen LogP contribution is -2.67. The van der Waals surface area contributed by atoms with Crippen LogP contribution in [0.4, 0.5) is 11.5 Å². The highest BCUT2D eigenvalue weighted by atomic mass is 16.6. The average molecular weight is 348 g/mol. The summed E-state index contributed by atoms with van der Waals surface area (Å²) in [6.45, 7) is 6.07. The number of hydrogen-bond donors (Lipinski definition) is 2. The predicted molar refractivity (Wildman–Crippen MR) is 91.9 cm³/mol. The van der Waals surface area contributed by atoms with Gasteiger partial charge in [0, 0.05) is 12.5 Å². The number of fused-ring (bicyclic) bond motifs is 2. The lowest BCUT2D eigenvalue weighted by molar-refractivity contribution is -0.169. The number of nitrogens with two attached hydrogens (primary N) is 1. The molecule has 136 valence electrons. The number of rotatable bonds is 2. The molecule has 0 saturated carbocycles. The van der Waals surface area contributed by atoms with Crippen molar-refractivity contribution in [3.8, 4) is 0 Å². The summed E-state index contributed by atoms with van der Waals surface area (Å²) in [5, 5.41) is 3.29. The van der Waals surface area contributed by atoms with Gasteiger partial charge in [-0.3, -0.25) is 10.1 Å². The van der Waals surface area contributed by atoms with Gasteiger partial charge in [0.2, 0.25) is 5.91 Å². The molecule has 0 radical (unpaired) electrons. The first-order valence-corrected chi connectivity index (χ1v) is 8.29. The van der Waals surface area contributed by atoms with E-state index in [-0.39, 0.29) is 31.5 Å². The third-order valence-electron chi connectivity index (χ3n) is 4.17. The first-order chi connectivity index (χ1) is 11.7. The summed E-state index contributed by atoms with van der Waals surface area (Å²) in [5.74, 6) is -0.152. The molecule has 2 fully saturated rings. The van der Waals surface area contributed by atoms with Crippen LogP contribution in [0.25, 0.3) is 0 Å². The minimum absolute atomic E-state index is 0.0972. The fraction of sp³-hybridized carbons (Fsp3) is 0.588. The normalized spacial score (nSPS) is 26.9. The molecule has 8 nitrogen and oxygen atoms in total. The van der Waals surface area contributed by atoms with Crippen molar-refractivity contribution in [3.05, 3.63) is 18.3 Å². The summed E-state index contributed by atoms with van der Waals surface area (Å²) < 4.78 is 11.2. The molecule has 2 atom stereocenters. The zero-order chi connectivity index (χ0) is 18.2. The van der Waals surface area contributed by atoms with Gasteiger partial charge in [0.05, 0.1) is 31.6 Å². The lowest BCUT2D eigenvalue weighted by atomic mass is 9.97. The number of nitrogens with one attached hydrogen (secondary N) is 1. The number of amides is 1. The summed E-state index contributed by atoms with van der Waals surface area (Å²) in [6, 6.07) is 3.11. The van der Waals surface area contributed by atoms with E-state index in [0.29, 0.717) is 18.1 Å². The monoisotopic (exact) mass is 348 g/mol. The van der Waals surface area contributed by atoms with Crippen molar-refractivity contribution in [3.63, 3.8) is 0 Å². The molecule has 2 aliphatic rings. The number of carbonyl (C=O) groups is 2. The van der Waals surface area contributed by atoms with Crippen LogP contribution in [0.3, 0.4) is 0 Å². The van der Waals surface area contributed by atoms with E-state index in [9.17, 15) is 9.59 Å². The van der Waals surface area contributed by atoms with Gasteiger partial charge in [-0.05, 0) is 32.9 Å². The number of esters is 1. The molecule has 1 amide bonds. The Bertz CT molecular complexity index is 670.